The van der Waals surface area contributed by atoms with Crippen molar-refractivity contribution in [1.29, 1.82) is 0 Å². The first kappa shape index (κ1) is 27.8. The maximum atomic E-state index is 13.7. The van der Waals surface area contributed by atoms with Gasteiger partial charge < -0.3 is 23.7 Å². The normalized spacial score (nSPS) is 10.9. The summed E-state index contributed by atoms with van der Waals surface area (Å²) in [5, 5.41) is 0. The van der Waals surface area contributed by atoms with Crippen LogP contribution in [0.15, 0.2) is 59.0 Å². The molecule has 0 radical (unpaired) electrons. The lowest BCUT2D eigenvalue weighted by Gasteiger charge is -2.29. The SMILES string of the molecule is COc1ccc(CCN(Cc2ccc(C)o2)C(=O)CN(CC(C)C)C(=O)c2ccccc2C)cc1OC. The first-order chi connectivity index (χ1) is 17.7. The quantitative estimate of drug-likeness (QED) is 0.334. The van der Waals surface area contributed by atoms with E-state index < -0.39 is 0 Å². The van der Waals surface area contributed by atoms with Gasteiger partial charge >= 0.3 is 0 Å². The van der Waals surface area contributed by atoms with Crippen molar-refractivity contribution >= 4 is 11.8 Å². The number of ether oxygens (including phenoxy) is 2. The van der Waals surface area contributed by atoms with Crippen molar-refractivity contribution in [3.8, 4) is 11.5 Å². The van der Waals surface area contributed by atoms with Gasteiger partial charge in [0.25, 0.3) is 5.91 Å². The van der Waals surface area contributed by atoms with Crippen LogP contribution in [0.5, 0.6) is 11.5 Å². The Balaban J connectivity index is 1.81. The van der Waals surface area contributed by atoms with Crippen molar-refractivity contribution in [1.82, 2.24) is 9.80 Å². The Labute approximate surface area is 220 Å². The molecule has 3 rings (SSSR count). The first-order valence-electron chi connectivity index (χ1n) is 12.6. The molecule has 2 amide bonds. The lowest BCUT2D eigenvalue weighted by molar-refractivity contribution is -0.132. The third kappa shape index (κ3) is 7.62. The van der Waals surface area contributed by atoms with E-state index in [1.807, 2.05) is 82.3 Å². The second kappa shape index (κ2) is 13.0. The zero-order valence-electron chi connectivity index (χ0n) is 22.7. The van der Waals surface area contributed by atoms with E-state index in [9.17, 15) is 9.59 Å². The first-order valence-corrected chi connectivity index (χ1v) is 12.6. The molecule has 0 unspecified atom stereocenters. The zero-order chi connectivity index (χ0) is 26.9. The van der Waals surface area contributed by atoms with Crippen LogP contribution in [-0.2, 0) is 17.8 Å². The standard InChI is InChI=1S/C30H38N2O5/c1-21(2)18-32(30(34)26-10-8-7-9-22(26)3)20-29(33)31(19-25-13-11-23(4)37-25)16-15-24-12-14-27(35-5)28(17-24)36-6/h7-14,17,21H,15-16,18-20H2,1-6H3. The largest absolute Gasteiger partial charge is 0.493 e. The fourth-order valence-corrected chi connectivity index (χ4v) is 4.26. The molecule has 0 saturated heterocycles. The molecule has 37 heavy (non-hydrogen) atoms. The minimum atomic E-state index is -0.131. The second-order valence-electron chi connectivity index (χ2n) is 9.66. The van der Waals surface area contributed by atoms with Crippen LogP contribution in [0.2, 0.25) is 0 Å². The molecule has 0 aliphatic rings. The predicted molar refractivity (Wildman–Crippen MR) is 144 cm³/mol. The average molecular weight is 507 g/mol. The Morgan fingerprint density at radius 3 is 2.27 bits per heavy atom. The lowest BCUT2D eigenvalue weighted by atomic mass is 10.1. The van der Waals surface area contributed by atoms with Crippen molar-refractivity contribution in [3.05, 3.63) is 82.8 Å². The number of benzene rings is 2. The maximum Gasteiger partial charge on any atom is 0.254 e. The van der Waals surface area contributed by atoms with Gasteiger partial charge in [0.05, 0.1) is 20.8 Å². The molecule has 0 spiro atoms. The van der Waals surface area contributed by atoms with Crippen LogP contribution in [0.4, 0.5) is 0 Å². The van der Waals surface area contributed by atoms with Crippen molar-refractivity contribution in [2.24, 2.45) is 5.92 Å². The van der Waals surface area contributed by atoms with Crippen molar-refractivity contribution in [3.63, 3.8) is 0 Å². The Morgan fingerprint density at radius 2 is 1.65 bits per heavy atom. The van der Waals surface area contributed by atoms with Gasteiger partial charge in [-0.15, -0.1) is 0 Å². The molecule has 7 nitrogen and oxygen atoms in total. The number of furan rings is 1. The Kier molecular flexibility index (Phi) is 9.78. The molecule has 1 aromatic heterocycles. The summed E-state index contributed by atoms with van der Waals surface area (Å²) in [4.78, 5) is 30.5. The molecule has 1 heterocycles. The van der Waals surface area contributed by atoms with E-state index in [1.165, 1.54) is 0 Å². The number of methoxy groups -OCH3 is 2. The summed E-state index contributed by atoms with van der Waals surface area (Å²) in [6, 6.07) is 17.0. The highest BCUT2D eigenvalue weighted by atomic mass is 16.5. The average Bonchev–Trinajstić information content (AvgIpc) is 3.29. The molecular formula is C30H38N2O5. The summed E-state index contributed by atoms with van der Waals surface area (Å²) >= 11 is 0. The third-order valence-corrected chi connectivity index (χ3v) is 6.19. The van der Waals surface area contributed by atoms with E-state index >= 15 is 0 Å². The van der Waals surface area contributed by atoms with Crippen LogP contribution in [0.25, 0.3) is 0 Å². The van der Waals surface area contributed by atoms with Gasteiger partial charge in [-0.2, -0.15) is 0 Å². The highest BCUT2D eigenvalue weighted by Gasteiger charge is 2.24. The van der Waals surface area contributed by atoms with Gasteiger partial charge in [0.1, 0.15) is 18.1 Å². The van der Waals surface area contributed by atoms with Crippen molar-refractivity contribution in [2.45, 2.75) is 40.7 Å². The number of rotatable bonds is 12. The van der Waals surface area contributed by atoms with E-state index in [0.717, 1.165) is 16.9 Å². The lowest BCUT2D eigenvalue weighted by Crippen LogP contribution is -2.44. The Hall–Kier alpha value is -3.74. The molecule has 7 heteroatoms. The topological polar surface area (TPSA) is 72.2 Å². The molecule has 0 atom stereocenters. The molecule has 198 valence electrons. The predicted octanol–water partition coefficient (Wildman–Crippen LogP) is 5.28. The van der Waals surface area contributed by atoms with Crippen LogP contribution in [0.1, 0.15) is 46.9 Å². The van der Waals surface area contributed by atoms with Gasteiger partial charge in [0, 0.05) is 18.7 Å². The fraction of sp³-hybridized carbons (Fsp3) is 0.400. The van der Waals surface area contributed by atoms with Gasteiger partial charge in [-0.3, -0.25) is 9.59 Å². The highest BCUT2D eigenvalue weighted by molar-refractivity contribution is 5.97. The molecule has 0 aliphatic heterocycles. The van der Waals surface area contributed by atoms with Crippen LogP contribution in [0.3, 0.4) is 0 Å². The number of amides is 2. The van der Waals surface area contributed by atoms with Gasteiger partial charge in [0.2, 0.25) is 5.91 Å². The van der Waals surface area contributed by atoms with Crippen LogP contribution in [-0.4, -0.2) is 55.5 Å². The van der Waals surface area contributed by atoms with Gasteiger partial charge in [-0.1, -0.05) is 38.1 Å². The molecule has 2 aromatic carbocycles. The Bertz CT molecular complexity index is 1200. The number of hydrogen-bond donors (Lipinski definition) is 0. The molecule has 0 aliphatic carbocycles. The summed E-state index contributed by atoms with van der Waals surface area (Å²) in [5.74, 6) is 2.76. The molecule has 0 fully saturated rings. The summed E-state index contributed by atoms with van der Waals surface area (Å²) in [6.07, 6.45) is 0.613. The van der Waals surface area contributed by atoms with E-state index in [2.05, 4.69) is 0 Å². The zero-order valence-corrected chi connectivity index (χ0v) is 22.7. The van der Waals surface area contributed by atoms with E-state index in [1.54, 1.807) is 24.0 Å². The van der Waals surface area contributed by atoms with Crippen LogP contribution in [0, 0.1) is 19.8 Å². The molecule has 0 N–H and O–H groups in total. The smallest absolute Gasteiger partial charge is 0.254 e. The van der Waals surface area contributed by atoms with Gasteiger partial charge in [-0.25, -0.2) is 0 Å². The third-order valence-electron chi connectivity index (χ3n) is 6.19. The van der Waals surface area contributed by atoms with Crippen LogP contribution >= 0.6 is 0 Å². The van der Waals surface area contributed by atoms with Crippen molar-refractivity contribution in [2.75, 3.05) is 33.9 Å². The Morgan fingerprint density at radius 1 is 0.919 bits per heavy atom. The highest BCUT2D eigenvalue weighted by Crippen LogP contribution is 2.28. The van der Waals surface area contributed by atoms with Gasteiger partial charge in [-0.05, 0) is 67.6 Å². The number of aryl methyl sites for hydroxylation is 2. The van der Waals surface area contributed by atoms with Crippen LogP contribution < -0.4 is 9.47 Å². The maximum absolute atomic E-state index is 13.7. The molecule has 0 bridgehead atoms. The number of carbonyl (C=O) groups excluding carboxylic acids is 2. The summed E-state index contributed by atoms with van der Waals surface area (Å²) in [7, 11) is 3.20. The summed E-state index contributed by atoms with van der Waals surface area (Å²) in [6.45, 7) is 9.16. The van der Waals surface area contributed by atoms with E-state index in [0.29, 0.717) is 48.9 Å². The molecule has 0 saturated carbocycles. The number of carbonyl (C=O) groups is 2. The monoisotopic (exact) mass is 506 g/mol. The summed E-state index contributed by atoms with van der Waals surface area (Å²) in [5.41, 5.74) is 2.53. The molecular weight excluding hydrogens is 468 g/mol. The number of hydrogen-bond acceptors (Lipinski definition) is 5. The molecule has 3 aromatic rings. The fourth-order valence-electron chi connectivity index (χ4n) is 4.26. The number of nitrogens with zero attached hydrogens (tertiary/aromatic N) is 2. The minimum absolute atomic E-state index is 0.00300. The van der Waals surface area contributed by atoms with E-state index in [-0.39, 0.29) is 24.3 Å². The second-order valence-corrected chi connectivity index (χ2v) is 9.66. The van der Waals surface area contributed by atoms with Gasteiger partial charge in [0.15, 0.2) is 11.5 Å². The van der Waals surface area contributed by atoms with Crippen molar-refractivity contribution < 1.29 is 23.5 Å². The summed E-state index contributed by atoms with van der Waals surface area (Å²) < 4.78 is 16.5. The minimum Gasteiger partial charge on any atom is -0.493 e. The van der Waals surface area contributed by atoms with E-state index in [4.69, 9.17) is 13.9 Å².